The highest BCUT2D eigenvalue weighted by molar-refractivity contribution is 6.32. The second-order valence-electron chi connectivity index (χ2n) is 8.79. The Balaban J connectivity index is 1.45. The van der Waals surface area contributed by atoms with Gasteiger partial charge in [0.1, 0.15) is 17.2 Å². The summed E-state index contributed by atoms with van der Waals surface area (Å²) in [4.78, 5) is 28.9. The normalized spacial score (nSPS) is 14.9. The number of halogens is 1. The van der Waals surface area contributed by atoms with Gasteiger partial charge in [-0.05, 0) is 61.2 Å². The van der Waals surface area contributed by atoms with Crippen molar-refractivity contribution in [1.29, 1.82) is 0 Å². The van der Waals surface area contributed by atoms with Gasteiger partial charge in [-0.2, -0.15) is 0 Å². The third-order valence-electron chi connectivity index (χ3n) is 5.63. The number of pyridine rings is 1. The van der Waals surface area contributed by atoms with Gasteiger partial charge in [-0.1, -0.05) is 31.5 Å². The van der Waals surface area contributed by atoms with Gasteiger partial charge in [0.25, 0.3) is 0 Å². The minimum atomic E-state index is -0.906. The fraction of sp³-hybridized carbons (Fsp3) is 0.296. The summed E-state index contributed by atoms with van der Waals surface area (Å²) in [7, 11) is 0. The van der Waals surface area contributed by atoms with Gasteiger partial charge in [0.05, 0.1) is 24.0 Å². The number of hydrogen-bond acceptors (Lipinski definition) is 5. The van der Waals surface area contributed by atoms with E-state index in [1.165, 1.54) is 0 Å². The maximum atomic E-state index is 12.8. The van der Waals surface area contributed by atoms with Crippen LogP contribution in [0, 0.1) is 5.92 Å². The first-order valence-electron chi connectivity index (χ1n) is 11.2. The molecule has 176 valence electrons. The average Bonchev–Trinajstić information content (AvgIpc) is 2.79. The molecule has 1 atom stereocenters. The van der Waals surface area contributed by atoms with Gasteiger partial charge < -0.3 is 14.6 Å². The molecule has 0 fully saturated rings. The van der Waals surface area contributed by atoms with Crippen molar-refractivity contribution in [2.45, 2.75) is 39.0 Å². The Hall–Kier alpha value is -3.38. The van der Waals surface area contributed by atoms with E-state index < -0.39 is 11.9 Å². The zero-order chi connectivity index (χ0) is 24.2. The second-order valence-corrected chi connectivity index (χ2v) is 9.20. The van der Waals surface area contributed by atoms with Gasteiger partial charge in [-0.15, -0.1) is 0 Å². The minimum absolute atomic E-state index is 0.0272. The van der Waals surface area contributed by atoms with Crippen LogP contribution >= 0.6 is 11.6 Å². The highest BCUT2D eigenvalue weighted by Crippen LogP contribution is 2.41. The van der Waals surface area contributed by atoms with Crippen LogP contribution in [0.4, 0.5) is 0 Å². The van der Waals surface area contributed by atoms with Crippen LogP contribution in [-0.2, 0) is 17.6 Å². The number of carboxylic acid groups (broad SMARTS) is 1. The zero-order valence-electron chi connectivity index (χ0n) is 19.1. The summed E-state index contributed by atoms with van der Waals surface area (Å²) in [5, 5.41) is 9.73. The monoisotopic (exact) mass is 479 g/mol. The molecule has 2 aromatic carbocycles. The topological polar surface area (TPSA) is 85.7 Å². The number of Topliss-reactive ketones (excluding diaryl/α,β-unsaturated/α-hetero) is 1. The molecule has 0 aliphatic carbocycles. The molecule has 34 heavy (non-hydrogen) atoms. The van der Waals surface area contributed by atoms with E-state index in [0.717, 1.165) is 17.8 Å². The van der Waals surface area contributed by atoms with Gasteiger partial charge in [-0.25, -0.2) is 0 Å². The van der Waals surface area contributed by atoms with Crippen LogP contribution in [0.5, 0.6) is 17.2 Å². The lowest BCUT2D eigenvalue weighted by molar-refractivity contribution is -0.139. The molecule has 1 aliphatic heterocycles. The number of ether oxygens (including phenoxy) is 2. The molecule has 0 bridgehead atoms. The van der Waals surface area contributed by atoms with Crippen molar-refractivity contribution < 1.29 is 24.2 Å². The number of carbonyl (C=O) groups excluding carboxylic acids is 1. The van der Waals surface area contributed by atoms with Crippen LogP contribution in [0.15, 0.2) is 54.6 Å². The van der Waals surface area contributed by atoms with Crippen LogP contribution in [0.3, 0.4) is 0 Å². The van der Waals surface area contributed by atoms with E-state index >= 15 is 0 Å². The van der Waals surface area contributed by atoms with E-state index in [-0.39, 0.29) is 12.2 Å². The Morgan fingerprint density at radius 3 is 2.59 bits per heavy atom. The number of benzene rings is 2. The van der Waals surface area contributed by atoms with E-state index in [2.05, 4.69) is 18.8 Å². The molecule has 2 heterocycles. The first-order valence-corrected chi connectivity index (χ1v) is 11.6. The minimum Gasteiger partial charge on any atom is -0.493 e. The van der Waals surface area contributed by atoms with E-state index in [1.54, 1.807) is 36.4 Å². The Morgan fingerprint density at radius 1 is 1.15 bits per heavy atom. The molecule has 1 N–H and O–H groups in total. The summed E-state index contributed by atoms with van der Waals surface area (Å²) < 4.78 is 11.5. The number of ketones is 1. The maximum Gasteiger partial charge on any atom is 0.311 e. The molecule has 1 unspecified atom stereocenters. The number of nitrogens with zero attached hydrogens (tertiary/aromatic N) is 1. The summed E-state index contributed by atoms with van der Waals surface area (Å²) in [6.07, 6.45) is 1.50. The van der Waals surface area contributed by atoms with Gasteiger partial charge in [0, 0.05) is 28.6 Å². The van der Waals surface area contributed by atoms with E-state index in [1.807, 2.05) is 18.2 Å². The SMILES string of the molecule is CC(C)Cc1cccc(CC(=O)c2ccc(Oc3cc4c(cc3Cl)C(C(=O)O)CCO4)cc2)n1. The second kappa shape index (κ2) is 10.3. The number of aliphatic carboxylic acids is 1. The summed E-state index contributed by atoms with van der Waals surface area (Å²) in [5.74, 6) is 0.229. The van der Waals surface area contributed by atoms with Gasteiger partial charge in [0.15, 0.2) is 5.78 Å². The Labute approximate surface area is 203 Å². The first-order chi connectivity index (χ1) is 16.3. The first kappa shape index (κ1) is 23.8. The smallest absolute Gasteiger partial charge is 0.311 e. The van der Waals surface area contributed by atoms with E-state index in [0.29, 0.717) is 52.3 Å². The lowest BCUT2D eigenvalue weighted by Crippen LogP contribution is -2.20. The molecule has 1 aliphatic rings. The van der Waals surface area contributed by atoms with Crippen LogP contribution in [0.2, 0.25) is 5.02 Å². The molecule has 4 rings (SSSR count). The Kier molecular flexibility index (Phi) is 7.17. The fourth-order valence-corrected chi connectivity index (χ4v) is 4.20. The molecular weight excluding hydrogens is 454 g/mol. The van der Waals surface area contributed by atoms with E-state index in [4.69, 9.17) is 21.1 Å². The zero-order valence-corrected chi connectivity index (χ0v) is 19.8. The van der Waals surface area contributed by atoms with Gasteiger partial charge >= 0.3 is 5.97 Å². The summed E-state index contributed by atoms with van der Waals surface area (Å²) >= 11 is 6.36. The molecule has 0 spiro atoms. The Bertz CT molecular complexity index is 1210. The molecule has 1 aromatic heterocycles. The van der Waals surface area contributed by atoms with Crippen molar-refractivity contribution in [3.63, 3.8) is 0 Å². The molecule has 6 nitrogen and oxygen atoms in total. The summed E-state index contributed by atoms with van der Waals surface area (Å²) in [6, 6.07) is 15.8. The average molecular weight is 480 g/mol. The van der Waals surface area contributed by atoms with Crippen molar-refractivity contribution in [1.82, 2.24) is 4.98 Å². The molecule has 0 saturated heterocycles. The molecule has 0 saturated carbocycles. The highest BCUT2D eigenvalue weighted by Gasteiger charge is 2.29. The third kappa shape index (κ3) is 5.57. The Morgan fingerprint density at radius 2 is 1.88 bits per heavy atom. The number of rotatable bonds is 8. The summed E-state index contributed by atoms with van der Waals surface area (Å²) in [6.45, 7) is 4.59. The molecule has 3 aromatic rings. The van der Waals surface area contributed by atoms with Crippen LogP contribution < -0.4 is 9.47 Å². The van der Waals surface area contributed by atoms with Crippen molar-refractivity contribution in [3.8, 4) is 17.2 Å². The van der Waals surface area contributed by atoms with Crippen LogP contribution in [0.25, 0.3) is 0 Å². The predicted molar refractivity (Wildman–Crippen MR) is 129 cm³/mol. The molecule has 0 amide bonds. The highest BCUT2D eigenvalue weighted by atomic mass is 35.5. The van der Waals surface area contributed by atoms with E-state index in [9.17, 15) is 14.7 Å². The number of fused-ring (bicyclic) bond motifs is 1. The number of aromatic nitrogens is 1. The van der Waals surface area contributed by atoms with Gasteiger partial charge in [0.2, 0.25) is 0 Å². The lowest BCUT2D eigenvalue weighted by atomic mass is 9.93. The number of carbonyl (C=O) groups is 2. The van der Waals surface area contributed by atoms with Crippen LogP contribution in [-0.4, -0.2) is 28.4 Å². The largest absolute Gasteiger partial charge is 0.493 e. The maximum absolute atomic E-state index is 12.8. The summed E-state index contributed by atoms with van der Waals surface area (Å²) in [5.41, 5.74) is 2.85. The van der Waals surface area contributed by atoms with Crippen LogP contribution in [0.1, 0.15) is 53.5 Å². The molecular formula is C27H26ClNO5. The standard InChI is InChI=1S/C27H26ClNO5/c1-16(2)12-18-4-3-5-19(29-18)13-24(30)17-6-8-20(9-7-17)34-26-15-25-22(14-23(26)28)21(27(31)32)10-11-33-25/h3-9,14-16,21H,10-13H2,1-2H3,(H,31,32). The van der Waals surface area contributed by atoms with Crippen molar-refractivity contribution >= 4 is 23.4 Å². The fourth-order valence-electron chi connectivity index (χ4n) is 3.99. The predicted octanol–water partition coefficient (Wildman–Crippen LogP) is 6.10. The van der Waals surface area contributed by atoms with Crippen molar-refractivity contribution in [3.05, 3.63) is 82.1 Å². The number of hydrogen-bond donors (Lipinski definition) is 1. The van der Waals surface area contributed by atoms with Crippen molar-refractivity contribution in [2.24, 2.45) is 5.92 Å². The molecule has 7 heteroatoms. The molecule has 0 radical (unpaired) electrons. The van der Waals surface area contributed by atoms with Gasteiger partial charge in [-0.3, -0.25) is 14.6 Å². The lowest BCUT2D eigenvalue weighted by Gasteiger charge is -2.24. The number of carboxylic acids is 1. The third-order valence-corrected chi connectivity index (χ3v) is 5.92. The van der Waals surface area contributed by atoms with Crippen molar-refractivity contribution in [2.75, 3.05) is 6.61 Å². The quantitative estimate of drug-likeness (QED) is 0.393.